The molecule has 0 radical (unpaired) electrons. The van der Waals surface area contributed by atoms with Crippen LogP contribution in [0.3, 0.4) is 0 Å². The normalized spacial score (nSPS) is 25.0. The van der Waals surface area contributed by atoms with Crippen LogP contribution in [0.5, 0.6) is 0 Å². The molecular weight excluding hydrogens is 186 g/mol. The Balaban J connectivity index is 2.10. The largest absolute Gasteiger partial charge is 0.330 e. The van der Waals surface area contributed by atoms with E-state index in [4.69, 9.17) is 5.73 Å². The van der Waals surface area contributed by atoms with Crippen molar-refractivity contribution in [3.05, 3.63) is 0 Å². The number of hydrogen-bond donors (Lipinski definition) is 1. The Labute approximate surface area is 94.6 Å². The summed E-state index contributed by atoms with van der Waals surface area (Å²) in [5.74, 6) is 1.55. The average molecular weight is 213 g/mol. The van der Waals surface area contributed by atoms with Crippen LogP contribution >= 0.6 is 0 Å². The van der Waals surface area contributed by atoms with E-state index in [-0.39, 0.29) is 0 Å². The van der Waals surface area contributed by atoms with Gasteiger partial charge in [-0.05, 0) is 58.4 Å². The molecule has 3 nitrogen and oxygen atoms in total. The van der Waals surface area contributed by atoms with Crippen molar-refractivity contribution < 1.29 is 0 Å². The Hall–Kier alpha value is -0.120. The number of hydrogen-bond acceptors (Lipinski definition) is 3. The van der Waals surface area contributed by atoms with Gasteiger partial charge in [0.2, 0.25) is 0 Å². The van der Waals surface area contributed by atoms with Crippen LogP contribution in [0.25, 0.3) is 0 Å². The molecule has 90 valence electrons. The molecule has 1 rings (SSSR count). The Bertz CT molecular complexity index is 172. The third kappa shape index (κ3) is 4.96. The third-order valence-corrected chi connectivity index (χ3v) is 3.46. The Morgan fingerprint density at radius 1 is 1.53 bits per heavy atom. The second kappa shape index (κ2) is 6.46. The van der Waals surface area contributed by atoms with Gasteiger partial charge in [0, 0.05) is 13.1 Å². The maximum absolute atomic E-state index is 5.61. The van der Waals surface area contributed by atoms with Crippen molar-refractivity contribution in [3.63, 3.8) is 0 Å². The van der Waals surface area contributed by atoms with E-state index in [1.54, 1.807) is 0 Å². The zero-order chi connectivity index (χ0) is 11.3. The molecule has 15 heavy (non-hydrogen) atoms. The Morgan fingerprint density at radius 3 is 2.80 bits per heavy atom. The van der Waals surface area contributed by atoms with E-state index in [0.29, 0.717) is 5.92 Å². The lowest BCUT2D eigenvalue weighted by Gasteiger charge is -2.22. The molecule has 2 unspecified atom stereocenters. The van der Waals surface area contributed by atoms with Gasteiger partial charge in [-0.25, -0.2) is 0 Å². The summed E-state index contributed by atoms with van der Waals surface area (Å²) in [4.78, 5) is 4.90. The summed E-state index contributed by atoms with van der Waals surface area (Å²) in [6.07, 6.45) is 2.60. The van der Waals surface area contributed by atoms with E-state index < -0.39 is 0 Å². The van der Waals surface area contributed by atoms with Gasteiger partial charge in [0.05, 0.1) is 0 Å². The first-order chi connectivity index (χ1) is 7.11. The van der Waals surface area contributed by atoms with Crippen molar-refractivity contribution in [1.29, 1.82) is 0 Å². The average Bonchev–Trinajstić information content (AvgIpc) is 2.60. The van der Waals surface area contributed by atoms with Crippen molar-refractivity contribution in [3.8, 4) is 0 Å². The fourth-order valence-corrected chi connectivity index (χ4v) is 2.27. The molecule has 0 spiro atoms. The summed E-state index contributed by atoms with van der Waals surface area (Å²) >= 11 is 0. The van der Waals surface area contributed by atoms with Crippen LogP contribution in [0.1, 0.15) is 19.8 Å². The van der Waals surface area contributed by atoms with Crippen LogP contribution in [-0.4, -0.2) is 56.6 Å². The van der Waals surface area contributed by atoms with Gasteiger partial charge in [0.1, 0.15) is 0 Å². The fourth-order valence-electron chi connectivity index (χ4n) is 2.27. The van der Waals surface area contributed by atoms with E-state index in [9.17, 15) is 0 Å². The molecule has 0 aromatic carbocycles. The topological polar surface area (TPSA) is 32.5 Å². The van der Waals surface area contributed by atoms with Gasteiger partial charge in [0.25, 0.3) is 0 Å². The molecule has 1 aliphatic rings. The minimum absolute atomic E-state index is 0.665. The van der Waals surface area contributed by atoms with Gasteiger partial charge in [0.15, 0.2) is 0 Å². The summed E-state index contributed by atoms with van der Waals surface area (Å²) in [5, 5.41) is 0. The van der Waals surface area contributed by atoms with Gasteiger partial charge in [-0.1, -0.05) is 6.92 Å². The first kappa shape index (κ1) is 12.9. The highest BCUT2D eigenvalue weighted by molar-refractivity contribution is 4.75. The molecule has 1 saturated heterocycles. The molecule has 1 heterocycles. The second-order valence-electron chi connectivity index (χ2n) is 5.31. The van der Waals surface area contributed by atoms with Crippen LogP contribution < -0.4 is 5.73 Å². The molecule has 0 aromatic heterocycles. The lowest BCUT2D eigenvalue weighted by Crippen LogP contribution is -2.29. The molecular formula is C12H27N3. The van der Waals surface area contributed by atoms with E-state index in [2.05, 4.69) is 30.8 Å². The van der Waals surface area contributed by atoms with Gasteiger partial charge < -0.3 is 15.5 Å². The van der Waals surface area contributed by atoms with Gasteiger partial charge in [-0.15, -0.1) is 0 Å². The van der Waals surface area contributed by atoms with E-state index in [0.717, 1.165) is 12.5 Å². The van der Waals surface area contributed by atoms with Crippen molar-refractivity contribution in [2.45, 2.75) is 19.8 Å². The van der Waals surface area contributed by atoms with Crippen LogP contribution in [0.15, 0.2) is 0 Å². The highest BCUT2D eigenvalue weighted by Gasteiger charge is 2.20. The zero-order valence-electron chi connectivity index (χ0n) is 10.6. The van der Waals surface area contributed by atoms with Gasteiger partial charge in [-0.2, -0.15) is 0 Å². The SMILES string of the molecule is CC(CN)CCN(C)CC1CCN(C)C1. The monoisotopic (exact) mass is 213 g/mol. The second-order valence-corrected chi connectivity index (χ2v) is 5.31. The van der Waals surface area contributed by atoms with Crippen LogP contribution in [0.2, 0.25) is 0 Å². The molecule has 1 fully saturated rings. The van der Waals surface area contributed by atoms with Crippen LogP contribution in [-0.2, 0) is 0 Å². The Kier molecular flexibility index (Phi) is 5.58. The minimum atomic E-state index is 0.665. The lowest BCUT2D eigenvalue weighted by atomic mass is 10.1. The number of nitrogens with two attached hydrogens (primary N) is 1. The van der Waals surface area contributed by atoms with Crippen molar-refractivity contribution in [1.82, 2.24) is 9.80 Å². The summed E-state index contributed by atoms with van der Waals surface area (Å²) < 4.78 is 0. The smallest absolute Gasteiger partial charge is 0.00193 e. The van der Waals surface area contributed by atoms with Gasteiger partial charge >= 0.3 is 0 Å². The first-order valence-corrected chi connectivity index (χ1v) is 6.19. The molecule has 0 bridgehead atoms. The maximum Gasteiger partial charge on any atom is 0.00193 e. The van der Waals surface area contributed by atoms with Crippen molar-refractivity contribution >= 4 is 0 Å². The van der Waals surface area contributed by atoms with Crippen LogP contribution in [0, 0.1) is 11.8 Å². The quantitative estimate of drug-likeness (QED) is 0.710. The fraction of sp³-hybridized carbons (Fsp3) is 1.00. The minimum Gasteiger partial charge on any atom is -0.330 e. The standard InChI is InChI=1S/C12H27N3/c1-11(8-13)4-6-14(2)9-12-5-7-15(3)10-12/h11-12H,4-10,13H2,1-3H3. The Morgan fingerprint density at radius 2 is 2.27 bits per heavy atom. The number of rotatable bonds is 6. The van der Waals surface area contributed by atoms with E-state index in [1.807, 2.05) is 0 Å². The third-order valence-electron chi connectivity index (χ3n) is 3.46. The summed E-state index contributed by atoms with van der Waals surface area (Å²) in [6.45, 7) is 8.05. The molecule has 0 aromatic rings. The predicted octanol–water partition coefficient (Wildman–Crippen LogP) is 0.855. The van der Waals surface area contributed by atoms with Crippen LogP contribution in [0.4, 0.5) is 0 Å². The highest BCUT2D eigenvalue weighted by Crippen LogP contribution is 2.15. The summed E-state index contributed by atoms with van der Waals surface area (Å²) in [6, 6.07) is 0. The molecule has 0 saturated carbocycles. The molecule has 0 amide bonds. The van der Waals surface area contributed by atoms with Crippen molar-refractivity contribution in [2.75, 3.05) is 46.8 Å². The first-order valence-electron chi connectivity index (χ1n) is 6.19. The molecule has 2 atom stereocenters. The molecule has 2 N–H and O–H groups in total. The maximum atomic E-state index is 5.61. The van der Waals surface area contributed by atoms with Gasteiger partial charge in [-0.3, -0.25) is 0 Å². The summed E-state index contributed by atoms with van der Waals surface area (Å²) in [5.41, 5.74) is 5.61. The molecule has 3 heteroatoms. The van der Waals surface area contributed by atoms with E-state index >= 15 is 0 Å². The molecule has 0 aliphatic carbocycles. The predicted molar refractivity (Wildman–Crippen MR) is 65.9 cm³/mol. The van der Waals surface area contributed by atoms with Crippen molar-refractivity contribution in [2.24, 2.45) is 17.6 Å². The highest BCUT2D eigenvalue weighted by atomic mass is 15.1. The lowest BCUT2D eigenvalue weighted by molar-refractivity contribution is 0.258. The number of nitrogens with zero attached hydrogens (tertiary/aromatic N) is 2. The zero-order valence-corrected chi connectivity index (χ0v) is 10.6. The summed E-state index contributed by atoms with van der Waals surface area (Å²) in [7, 11) is 4.46. The number of likely N-dealkylation sites (tertiary alicyclic amines) is 1. The van der Waals surface area contributed by atoms with E-state index in [1.165, 1.54) is 39.0 Å². The molecule has 1 aliphatic heterocycles.